The molecule has 0 atom stereocenters. The largest absolute Gasteiger partial charge is 0.476 e. The zero-order chi connectivity index (χ0) is 11.2. The molecule has 0 saturated carbocycles. The van der Waals surface area contributed by atoms with Crippen LogP contribution in [0.5, 0.6) is 0 Å². The number of aromatic carboxylic acids is 1. The number of carboxylic acids is 1. The molecule has 0 radical (unpaired) electrons. The van der Waals surface area contributed by atoms with E-state index >= 15 is 0 Å². The zero-order valence-corrected chi connectivity index (χ0v) is 8.62. The van der Waals surface area contributed by atoms with E-state index in [1.807, 2.05) is 0 Å². The highest BCUT2D eigenvalue weighted by Gasteiger charge is 2.16. The van der Waals surface area contributed by atoms with Gasteiger partial charge in [0.15, 0.2) is 5.69 Å². The van der Waals surface area contributed by atoms with E-state index in [1.54, 1.807) is 19.2 Å². The van der Waals surface area contributed by atoms with Gasteiger partial charge >= 0.3 is 5.97 Å². The predicted octanol–water partition coefficient (Wildman–Crippen LogP) is 1.58. The van der Waals surface area contributed by atoms with Crippen LogP contribution in [-0.2, 0) is 0 Å². The van der Waals surface area contributed by atoms with E-state index in [0.29, 0.717) is 10.7 Å². The maximum absolute atomic E-state index is 10.8. The minimum absolute atomic E-state index is 0.0862. The lowest BCUT2D eigenvalue weighted by Gasteiger charge is -1.99. The highest BCUT2D eigenvalue weighted by atomic mass is 35.5. The smallest absolute Gasteiger partial charge is 0.358 e. The molecule has 0 amide bonds. The number of nitrogens with two attached hydrogens (primary N) is 1. The van der Waals surface area contributed by atoms with Crippen LogP contribution in [0.4, 0.5) is 5.82 Å². The summed E-state index contributed by atoms with van der Waals surface area (Å²) in [4.78, 5) is 14.7. The minimum atomic E-state index is -1.15. The number of imidazole rings is 1. The molecule has 0 saturated heterocycles. The van der Waals surface area contributed by atoms with Gasteiger partial charge in [0, 0.05) is 6.20 Å². The molecule has 5 nitrogen and oxygen atoms in total. The van der Waals surface area contributed by atoms with Crippen molar-refractivity contribution < 1.29 is 9.90 Å². The van der Waals surface area contributed by atoms with Crippen LogP contribution >= 0.6 is 11.6 Å². The van der Waals surface area contributed by atoms with Gasteiger partial charge in [-0.15, -0.1) is 0 Å². The molecule has 78 valence electrons. The summed E-state index contributed by atoms with van der Waals surface area (Å²) in [5.74, 6) is -1.06. The zero-order valence-electron chi connectivity index (χ0n) is 7.86. The number of fused-ring (bicyclic) bond motifs is 1. The molecule has 6 heteroatoms. The second kappa shape index (κ2) is 3.13. The van der Waals surface area contributed by atoms with Crippen LogP contribution in [0.2, 0.25) is 5.02 Å². The molecule has 0 unspecified atom stereocenters. The average Bonchev–Trinajstić information content (AvgIpc) is 2.44. The third-order valence-corrected chi connectivity index (χ3v) is 2.32. The van der Waals surface area contributed by atoms with E-state index in [9.17, 15) is 4.79 Å². The number of carbonyl (C=O) groups is 1. The number of hydrogen-bond acceptors (Lipinski definition) is 3. The van der Waals surface area contributed by atoms with E-state index in [0.717, 1.165) is 5.56 Å². The Balaban J connectivity index is 2.88. The average molecular weight is 226 g/mol. The van der Waals surface area contributed by atoms with Gasteiger partial charge in [-0.2, -0.15) is 0 Å². The molecule has 15 heavy (non-hydrogen) atoms. The number of aryl methyl sites for hydroxylation is 1. The van der Waals surface area contributed by atoms with E-state index in [-0.39, 0.29) is 11.5 Å². The summed E-state index contributed by atoms with van der Waals surface area (Å²) in [5, 5.41) is 9.33. The lowest BCUT2D eigenvalue weighted by atomic mass is 10.3. The van der Waals surface area contributed by atoms with Crippen molar-refractivity contribution in [3.8, 4) is 0 Å². The lowest BCUT2D eigenvalue weighted by Crippen LogP contribution is -2.02. The number of halogens is 1. The Morgan fingerprint density at radius 2 is 2.33 bits per heavy atom. The summed E-state index contributed by atoms with van der Waals surface area (Å²) in [5.41, 5.74) is 6.77. The number of nitrogens with zero attached hydrogens (tertiary/aromatic N) is 2. The van der Waals surface area contributed by atoms with Crippen molar-refractivity contribution in [1.82, 2.24) is 9.38 Å². The van der Waals surface area contributed by atoms with Crippen molar-refractivity contribution in [2.75, 3.05) is 5.73 Å². The molecule has 0 spiro atoms. The monoisotopic (exact) mass is 225 g/mol. The van der Waals surface area contributed by atoms with Gasteiger partial charge in [-0.25, -0.2) is 9.78 Å². The third kappa shape index (κ3) is 1.41. The van der Waals surface area contributed by atoms with Crippen LogP contribution in [0, 0.1) is 6.92 Å². The van der Waals surface area contributed by atoms with Crippen LogP contribution in [0.1, 0.15) is 16.1 Å². The fraction of sp³-hybridized carbons (Fsp3) is 0.111. The normalized spacial score (nSPS) is 10.8. The van der Waals surface area contributed by atoms with E-state index < -0.39 is 5.97 Å². The summed E-state index contributed by atoms with van der Waals surface area (Å²) in [6.07, 6.45) is 1.54. The van der Waals surface area contributed by atoms with Gasteiger partial charge in [-0.3, -0.25) is 4.40 Å². The Hall–Kier alpha value is -1.75. The molecule has 3 N–H and O–H groups in total. The number of anilines is 1. The van der Waals surface area contributed by atoms with Crippen molar-refractivity contribution in [3.63, 3.8) is 0 Å². The Morgan fingerprint density at radius 1 is 1.67 bits per heavy atom. The van der Waals surface area contributed by atoms with Crippen molar-refractivity contribution in [3.05, 3.63) is 28.5 Å². The standard InChI is InChI=1S/C9H8ClN3O2/c1-4-2-5(10)3-13-7(11)6(9(14)15)12-8(4)13/h2-3H,11H2,1H3,(H,14,15). The second-order valence-corrected chi connectivity index (χ2v) is 3.62. The fourth-order valence-corrected chi connectivity index (χ4v) is 1.70. The van der Waals surface area contributed by atoms with E-state index in [1.165, 1.54) is 4.40 Å². The molecule has 2 rings (SSSR count). The van der Waals surface area contributed by atoms with Gasteiger partial charge in [0.25, 0.3) is 0 Å². The summed E-state index contributed by atoms with van der Waals surface area (Å²) >= 11 is 5.83. The molecule has 0 aliphatic rings. The minimum Gasteiger partial charge on any atom is -0.476 e. The van der Waals surface area contributed by atoms with Gasteiger partial charge in [-0.1, -0.05) is 11.6 Å². The maximum atomic E-state index is 10.8. The van der Waals surface area contributed by atoms with Crippen LogP contribution in [0.15, 0.2) is 12.3 Å². The predicted molar refractivity (Wildman–Crippen MR) is 56.3 cm³/mol. The Morgan fingerprint density at radius 3 is 2.93 bits per heavy atom. The molecular weight excluding hydrogens is 218 g/mol. The summed E-state index contributed by atoms with van der Waals surface area (Å²) in [6, 6.07) is 1.70. The topological polar surface area (TPSA) is 80.6 Å². The SMILES string of the molecule is Cc1cc(Cl)cn2c(N)c(C(=O)O)nc12. The molecule has 2 aromatic heterocycles. The number of aromatic nitrogens is 2. The summed E-state index contributed by atoms with van der Waals surface area (Å²) in [7, 11) is 0. The first-order valence-corrected chi connectivity index (χ1v) is 4.55. The van der Waals surface area contributed by atoms with Crippen molar-refractivity contribution in [2.24, 2.45) is 0 Å². The first kappa shape index (κ1) is 9.79. The van der Waals surface area contributed by atoms with Gasteiger partial charge in [-0.05, 0) is 18.6 Å². The van der Waals surface area contributed by atoms with Crippen LogP contribution in [0.25, 0.3) is 5.65 Å². The third-order valence-electron chi connectivity index (χ3n) is 2.11. The summed E-state index contributed by atoms with van der Waals surface area (Å²) in [6.45, 7) is 1.79. The molecule has 0 aliphatic carbocycles. The number of pyridine rings is 1. The van der Waals surface area contributed by atoms with E-state index in [4.69, 9.17) is 22.4 Å². The van der Waals surface area contributed by atoms with Gasteiger partial charge in [0.1, 0.15) is 11.5 Å². The number of carboxylic acid groups (broad SMARTS) is 1. The molecule has 0 bridgehead atoms. The molecule has 2 heterocycles. The maximum Gasteiger partial charge on any atom is 0.358 e. The fourth-order valence-electron chi connectivity index (χ4n) is 1.44. The number of rotatable bonds is 1. The highest BCUT2D eigenvalue weighted by molar-refractivity contribution is 6.30. The second-order valence-electron chi connectivity index (χ2n) is 3.19. The Kier molecular flexibility index (Phi) is 2.04. The number of nitrogen functional groups attached to an aromatic ring is 1. The number of hydrogen-bond donors (Lipinski definition) is 2. The van der Waals surface area contributed by atoms with Crippen LogP contribution < -0.4 is 5.73 Å². The highest BCUT2D eigenvalue weighted by Crippen LogP contribution is 2.21. The van der Waals surface area contributed by atoms with Crippen LogP contribution in [0.3, 0.4) is 0 Å². The van der Waals surface area contributed by atoms with Crippen molar-refractivity contribution >= 4 is 29.0 Å². The van der Waals surface area contributed by atoms with Gasteiger partial charge in [0.05, 0.1) is 5.02 Å². The molecule has 2 aromatic rings. The quantitative estimate of drug-likeness (QED) is 0.772. The van der Waals surface area contributed by atoms with Gasteiger partial charge < -0.3 is 10.8 Å². The molecule has 0 aromatic carbocycles. The van der Waals surface area contributed by atoms with Gasteiger partial charge in [0.2, 0.25) is 0 Å². The Bertz CT molecular complexity index is 562. The first-order chi connectivity index (χ1) is 7.00. The van der Waals surface area contributed by atoms with Crippen molar-refractivity contribution in [1.29, 1.82) is 0 Å². The Labute approximate surface area is 90.1 Å². The van der Waals surface area contributed by atoms with Crippen molar-refractivity contribution in [2.45, 2.75) is 6.92 Å². The molecule has 0 aliphatic heterocycles. The molecular formula is C9H8ClN3O2. The van der Waals surface area contributed by atoms with Crippen LogP contribution in [-0.4, -0.2) is 20.5 Å². The van der Waals surface area contributed by atoms with E-state index in [2.05, 4.69) is 4.98 Å². The first-order valence-electron chi connectivity index (χ1n) is 4.17. The lowest BCUT2D eigenvalue weighted by molar-refractivity contribution is 0.0692. The molecule has 0 fully saturated rings. The summed E-state index contributed by atoms with van der Waals surface area (Å²) < 4.78 is 1.47.